The molecular weight excluding hydrogens is 291 g/mol. The molecule has 0 fully saturated rings. The molecule has 0 atom stereocenters. The quantitative estimate of drug-likeness (QED) is 0.776. The smallest absolute Gasteiger partial charge is 0.306 e. The number of carbonyl (C=O) groups excluding carboxylic acids is 3. The van der Waals surface area contributed by atoms with Crippen LogP contribution < -0.4 is 5.32 Å². The van der Waals surface area contributed by atoms with E-state index in [0.717, 1.165) is 0 Å². The summed E-state index contributed by atoms with van der Waals surface area (Å²) in [7, 11) is 1.46. The lowest BCUT2D eigenvalue weighted by molar-refractivity contribution is -0.145. The fourth-order valence-electron chi connectivity index (χ4n) is 1.70. The molecule has 0 aromatic heterocycles. The molecule has 7 heteroatoms. The summed E-state index contributed by atoms with van der Waals surface area (Å²) in [6, 6.07) is 5.46. The maximum atomic E-state index is 13.0. The second-order valence-corrected chi connectivity index (χ2v) is 4.61. The number of nitrogens with one attached hydrogen (secondary N) is 1. The second kappa shape index (κ2) is 8.76. The molecule has 0 unspecified atom stereocenters. The number of esters is 1. The van der Waals surface area contributed by atoms with Crippen LogP contribution in [0.15, 0.2) is 24.3 Å². The Hall–Kier alpha value is -2.44. The van der Waals surface area contributed by atoms with Gasteiger partial charge in [-0.1, -0.05) is 6.07 Å². The molecule has 0 aliphatic rings. The number of halogens is 1. The standard InChI is InChI=1S/C15H19FN2O4/c1-3-22-15(21)8-7-14(20)18(2)10-13(19)17-12-6-4-5-11(16)9-12/h4-6,9H,3,7-8,10H2,1-2H3,(H,17,19). The summed E-state index contributed by atoms with van der Waals surface area (Å²) in [5.74, 6) is -1.70. The van der Waals surface area contributed by atoms with Gasteiger partial charge < -0.3 is 15.0 Å². The van der Waals surface area contributed by atoms with Crippen LogP contribution in [0.3, 0.4) is 0 Å². The zero-order valence-corrected chi connectivity index (χ0v) is 12.6. The SMILES string of the molecule is CCOC(=O)CCC(=O)N(C)CC(=O)Nc1cccc(F)c1. The van der Waals surface area contributed by atoms with E-state index >= 15 is 0 Å². The van der Waals surface area contributed by atoms with Crippen molar-refractivity contribution >= 4 is 23.5 Å². The van der Waals surface area contributed by atoms with Gasteiger partial charge in [-0.2, -0.15) is 0 Å². The average molecular weight is 310 g/mol. The van der Waals surface area contributed by atoms with Gasteiger partial charge in [-0.15, -0.1) is 0 Å². The first-order chi connectivity index (χ1) is 10.4. The van der Waals surface area contributed by atoms with Crippen molar-refractivity contribution < 1.29 is 23.5 Å². The Bertz CT molecular complexity index is 548. The summed E-state index contributed by atoms with van der Waals surface area (Å²) >= 11 is 0. The molecule has 0 saturated carbocycles. The fraction of sp³-hybridized carbons (Fsp3) is 0.400. The largest absolute Gasteiger partial charge is 0.466 e. The molecular formula is C15H19FN2O4. The van der Waals surface area contributed by atoms with Crippen molar-refractivity contribution in [2.75, 3.05) is 25.5 Å². The third-order valence-corrected chi connectivity index (χ3v) is 2.76. The van der Waals surface area contributed by atoms with E-state index in [1.807, 2.05) is 0 Å². The van der Waals surface area contributed by atoms with E-state index in [-0.39, 0.29) is 31.9 Å². The number of ether oxygens (including phenoxy) is 1. The zero-order valence-electron chi connectivity index (χ0n) is 12.6. The van der Waals surface area contributed by atoms with Crippen LogP contribution in [0.4, 0.5) is 10.1 Å². The topological polar surface area (TPSA) is 75.7 Å². The molecule has 120 valence electrons. The Morgan fingerprint density at radius 2 is 2.00 bits per heavy atom. The Morgan fingerprint density at radius 1 is 1.27 bits per heavy atom. The normalized spacial score (nSPS) is 9.95. The number of amides is 2. The monoisotopic (exact) mass is 310 g/mol. The van der Waals surface area contributed by atoms with Crippen LogP contribution in [0.5, 0.6) is 0 Å². The minimum atomic E-state index is -0.461. The molecule has 0 aliphatic heterocycles. The Labute approximate surface area is 128 Å². The average Bonchev–Trinajstić information content (AvgIpc) is 2.44. The maximum Gasteiger partial charge on any atom is 0.306 e. The van der Waals surface area contributed by atoms with Gasteiger partial charge in [0.1, 0.15) is 5.82 Å². The zero-order chi connectivity index (χ0) is 16.5. The van der Waals surface area contributed by atoms with Crippen LogP contribution in [0, 0.1) is 5.82 Å². The van der Waals surface area contributed by atoms with Crippen molar-refractivity contribution in [1.29, 1.82) is 0 Å². The van der Waals surface area contributed by atoms with E-state index in [1.165, 1.54) is 30.1 Å². The van der Waals surface area contributed by atoms with Crippen molar-refractivity contribution in [2.24, 2.45) is 0 Å². The third kappa shape index (κ3) is 6.34. The number of nitrogens with zero attached hydrogens (tertiary/aromatic N) is 1. The molecule has 0 radical (unpaired) electrons. The summed E-state index contributed by atoms with van der Waals surface area (Å²) in [6.07, 6.45) is -0.0505. The second-order valence-electron chi connectivity index (χ2n) is 4.61. The molecule has 2 amide bonds. The van der Waals surface area contributed by atoms with Crippen molar-refractivity contribution in [3.8, 4) is 0 Å². The van der Waals surface area contributed by atoms with Gasteiger partial charge in [0.25, 0.3) is 0 Å². The number of rotatable bonds is 7. The number of hydrogen-bond donors (Lipinski definition) is 1. The summed E-state index contributed by atoms with van der Waals surface area (Å²) < 4.78 is 17.7. The Balaban J connectivity index is 2.40. The van der Waals surface area contributed by atoms with E-state index in [4.69, 9.17) is 4.74 Å². The molecule has 22 heavy (non-hydrogen) atoms. The van der Waals surface area contributed by atoms with Gasteiger partial charge in [0.2, 0.25) is 11.8 Å². The predicted octanol–water partition coefficient (Wildman–Crippen LogP) is 1.57. The van der Waals surface area contributed by atoms with Crippen LogP contribution >= 0.6 is 0 Å². The molecule has 1 aromatic rings. The Kier molecular flexibility index (Phi) is 7.01. The van der Waals surface area contributed by atoms with Gasteiger partial charge in [0.15, 0.2) is 0 Å². The van der Waals surface area contributed by atoms with Gasteiger partial charge in [0, 0.05) is 19.2 Å². The minimum Gasteiger partial charge on any atom is -0.466 e. The van der Waals surface area contributed by atoms with Gasteiger partial charge in [-0.3, -0.25) is 14.4 Å². The molecule has 1 aromatic carbocycles. The van der Waals surface area contributed by atoms with Gasteiger partial charge in [0.05, 0.1) is 19.6 Å². The number of hydrogen-bond acceptors (Lipinski definition) is 4. The van der Waals surface area contributed by atoms with E-state index in [9.17, 15) is 18.8 Å². The highest BCUT2D eigenvalue weighted by Gasteiger charge is 2.15. The fourth-order valence-corrected chi connectivity index (χ4v) is 1.70. The molecule has 6 nitrogen and oxygen atoms in total. The Morgan fingerprint density at radius 3 is 2.64 bits per heavy atom. The van der Waals surface area contributed by atoms with Crippen molar-refractivity contribution in [1.82, 2.24) is 4.90 Å². The summed E-state index contributed by atoms with van der Waals surface area (Å²) in [5.41, 5.74) is 0.317. The first-order valence-electron chi connectivity index (χ1n) is 6.87. The van der Waals surface area contributed by atoms with Gasteiger partial charge >= 0.3 is 5.97 Å². The molecule has 0 bridgehead atoms. The highest BCUT2D eigenvalue weighted by atomic mass is 19.1. The highest BCUT2D eigenvalue weighted by Crippen LogP contribution is 2.09. The molecule has 0 saturated heterocycles. The molecule has 0 aliphatic carbocycles. The van der Waals surface area contributed by atoms with Crippen LogP contribution in [0.2, 0.25) is 0 Å². The summed E-state index contributed by atoms with van der Waals surface area (Å²) in [6.45, 7) is 1.76. The molecule has 0 spiro atoms. The van der Waals surface area contributed by atoms with E-state index in [2.05, 4.69) is 5.32 Å². The number of carbonyl (C=O) groups is 3. The van der Waals surface area contributed by atoms with Crippen LogP contribution in [0.25, 0.3) is 0 Å². The van der Waals surface area contributed by atoms with Gasteiger partial charge in [-0.05, 0) is 25.1 Å². The first kappa shape index (κ1) is 17.6. The third-order valence-electron chi connectivity index (χ3n) is 2.76. The van der Waals surface area contributed by atoms with E-state index < -0.39 is 17.7 Å². The lowest BCUT2D eigenvalue weighted by Gasteiger charge is -2.16. The van der Waals surface area contributed by atoms with Gasteiger partial charge in [-0.25, -0.2) is 4.39 Å². The lowest BCUT2D eigenvalue weighted by atomic mass is 10.2. The van der Waals surface area contributed by atoms with Crippen molar-refractivity contribution in [3.05, 3.63) is 30.1 Å². The molecule has 1 N–H and O–H groups in total. The first-order valence-corrected chi connectivity index (χ1v) is 6.87. The van der Waals surface area contributed by atoms with Crippen molar-refractivity contribution in [3.63, 3.8) is 0 Å². The summed E-state index contributed by atoms with van der Waals surface area (Å²) in [5, 5.41) is 2.49. The molecule has 1 rings (SSSR count). The van der Waals surface area contributed by atoms with Crippen molar-refractivity contribution in [2.45, 2.75) is 19.8 Å². The van der Waals surface area contributed by atoms with Crippen LogP contribution in [0.1, 0.15) is 19.8 Å². The predicted molar refractivity (Wildman–Crippen MR) is 78.5 cm³/mol. The molecule has 0 heterocycles. The number of benzene rings is 1. The van der Waals surface area contributed by atoms with E-state index in [1.54, 1.807) is 13.0 Å². The van der Waals surface area contributed by atoms with Crippen LogP contribution in [-0.4, -0.2) is 42.9 Å². The highest BCUT2D eigenvalue weighted by molar-refractivity contribution is 5.94. The van der Waals surface area contributed by atoms with Crippen LogP contribution in [-0.2, 0) is 19.1 Å². The number of anilines is 1. The maximum absolute atomic E-state index is 13.0. The van der Waals surface area contributed by atoms with E-state index in [0.29, 0.717) is 5.69 Å². The summed E-state index contributed by atoms with van der Waals surface area (Å²) in [4.78, 5) is 35.9. The number of likely N-dealkylation sites (N-methyl/N-ethyl adjacent to an activating group) is 1. The minimum absolute atomic E-state index is 0.0252. The lowest BCUT2D eigenvalue weighted by Crippen LogP contribution is -2.35.